The molecular weight excluding hydrogens is 419 g/mol. The van der Waals surface area contributed by atoms with Gasteiger partial charge in [-0.05, 0) is 68.1 Å². The van der Waals surface area contributed by atoms with Gasteiger partial charge < -0.3 is 15.0 Å². The molecule has 5 nitrogen and oxygen atoms in total. The summed E-state index contributed by atoms with van der Waals surface area (Å²) in [5.74, 6) is -0.395. The zero-order valence-corrected chi connectivity index (χ0v) is 19.3. The summed E-state index contributed by atoms with van der Waals surface area (Å²) in [4.78, 5) is 27.1. The van der Waals surface area contributed by atoms with Gasteiger partial charge in [0.2, 0.25) is 5.91 Å². The third-order valence-electron chi connectivity index (χ3n) is 5.04. The zero-order chi connectivity index (χ0) is 23.0. The number of carbonyl (C=O) groups is 2. The molecular formula is C24H30ClFN2O3. The topological polar surface area (TPSA) is 58.6 Å². The summed E-state index contributed by atoms with van der Waals surface area (Å²) in [6.07, 6.45) is 1.82. The molecule has 0 heterocycles. The molecule has 0 aliphatic rings. The van der Waals surface area contributed by atoms with Crippen LogP contribution in [0.5, 0.6) is 5.75 Å². The molecule has 0 spiro atoms. The number of carbonyl (C=O) groups excluding carboxylic acids is 2. The number of rotatable bonds is 10. The molecule has 7 heteroatoms. The SMILES string of the molecule is CCCCNC(=O)C(C)N(Cc1ccc(F)cc1)C(=O)COc1cc(C)c(Cl)c(C)c1. The predicted octanol–water partition coefficient (Wildman–Crippen LogP) is 4.81. The Morgan fingerprint density at radius 2 is 1.77 bits per heavy atom. The molecule has 0 bridgehead atoms. The first-order valence-electron chi connectivity index (χ1n) is 10.4. The van der Waals surface area contributed by atoms with E-state index in [0.717, 1.165) is 29.5 Å². The Bertz CT molecular complexity index is 879. The maximum atomic E-state index is 13.3. The number of benzene rings is 2. The van der Waals surface area contributed by atoms with Crippen molar-refractivity contribution in [2.75, 3.05) is 13.2 Å². The van der Waals surface area contributed by atoms with Gasteiger partial charge in [-0.2, -0.15) is 0 Å². The molecule has 1 atom stereocenters. The highest BCUT2D eigenvalue weighted by Gasteiger charge is 2.26. The smallest absolute Gasteiger partial charge is 0.261 e. The van der Waals surface area contributed by atoms with Gasteiger partial charge in [-0.15, -0.1) is 0 Å². The normalized spacial score (nSPS) is 11.7. The van der Waals surface area contributed by atoms with Gasteiger partial charge in [-0.3, -0.25) is 9.59 Å². The van der Waals surface area contributed by atoms with Gasteiger partial charge in [0.1, 0.15) is 17.6 Å². The van der Waals surface area contributed by atoms with Crippen molar-refractivity contribution in [1.29, 1.82) is 0 Å². The molecule has 0 saturated carbocycles. The van der Waals surface area contributed by atoms with Crippen molar-refractivity contribution in [2.45, 2.75) is 53.1 Å². The summed E-state index contributed by atoms with van der Waals surface area (Å²) in [6, 6.07) is 8.71. The van der Waals surface area contributed by atoms with E-state index in [1.165, 1.54) is 17.0 Å². The van der Waals surface area contributed by atoms with E-state index < -0.39 is 6.04 Å². The summed E-state index contributed by atoms with van der Waals surface area (Å²) >= 11 is 6.19. The highest BCUT2D eigenvalue weighted by atomic mass is 35.5. The fraction of sp³-hybridized carbons (Fsp3) is 0.417. The molecule has 0 aromatic heterocycles. The lowest BCUT2D eigenvalue weighted by Gasteiger charge is -2.29. The molecule has 1 N–H and O–H groups in total. The quantitative estimate of drug-likeness (QED) is 0.531. The van der Waals surface area contributed by atoms with E-state index in [1.54, 1.807) is 31.2 Å². The first-order chi connectivity index (χ1) is 14.7. The van der Waals surface area contributed by atoms with E-state index in [-0.39, 0.29) is 30.8 Å². The fourth-order valence-electron chi connectivity index (χ4n) is 3.12. The number of hydrogen-bond acceptors (Lipinski definition) is 3. The molecule has 0 radical (unpaired) electrons. The van der Waals surface area contributed by atoms with Gasteiger partial charge in [0.15, 0.2) is 6.61 Å². The number of nitrogens with zero attached hydrogens (tertiary/aromatic N) is 1. The number of halogens is 2. The molecule has 31 heavy (non-hydrogen) atoms. The van der Waals surface area contributed by atoms with Crippen LogP contribution in [0.4, 0.5) is 4.39 Å². The van der Waals surface area contributed by atoms with Crippen molar-refractivity contribution in [3.63, 3.8) is 0 Å². The zero-order valence-electron chi connectivity index (χ0n) is 18.5. The number of ether oxygens (including phenoxy) is 1. The van der Waals surface area contributed by atoms with E-state index in [1.807, 2.05) is 20.8 Å². The van der Waals surface area contributed by atoms with Crippen LogP contribution in [0, 0.1) is 19.7 Å². The number of hydrogen-bond donors (Lipinski definition) is 1. The van der Waals surface area contributed by atoms with Crippen molar-refractivity contribution < 1.29 is 18.7 Å². The maximum Gasteiger partial charge on any atom is 0.261 e. The highest BCUT2D eigenvalue weighted by molar-refractivity contribution is 6.32. The van der Waals surface area contributed by atoms with Crippen molar-refractivity contribution in [3.8, 4) is 5.75 Å². The third-order valence-corrected chi connectivity index (χ3v) is 5.63. The summed E-state index contributed by atoms with van der Waals surface area (Å²) in [6.45, 7) is 7.95. The van der Waals surface area contributed by atoms with Gasteiger partial charge in [-0.1, -0.05) is 37.1 Å². The molecule has 2 aromatic rings. The Labute approximate surface area is 188 Å². The van der Waals surface area contributed by atoms with E-state index in [0.29, 0.717) is 17.3 Å². The van der Waals surface area contributed by atoms with Gasteiger partial charge >= 0.3 is 0 Å². The average molecular weight is 449 g/mol. The van der Waals surface area contributed by atoms with E-state index in [9.17, 15) is 14.0 Å². The molecule has 0 aliphatic carbocycles. The molecule has 2 aromatic carbocycles. The van der Waals surface area contributed by atoms with Gasteiger partial charge in [0.05, 0.1) is 0 Å². The van der Waals surface area contributed by atoms with Crippen LogP contribution in [-0.2, 0) is 16.1 Å². The van der Waals surface area contributed by atoms with Crippen LogP contribution in [0.3, 0.4) is 0 Å². The number of aryl methyl sites for hydroxylation is 2. The third kappa shape index (κ3) is 7.24. The second-order valence-corrected chi connectivity index (χ2v) is 8.01. The van der Waals surface area contributed by atoms with Crippen LogP contribution < -0.4 is 10.1 Å². The number of amides is 2. The minimum absolute atomic E-state index is 0.170. The second kappa shape index (κ2) is 11.7. The Kier molecular flexibility index (Phi) is 9.31. The first-order valence-corrected chi connectivity index (χ1v) is 10.8. The molecule has 0 saturated heterocycles. The van der Waals surface area contributed by atoms with Gasteiger partial charge in [0.25, 0.3) is 5.91 Å². The van der Waals surface area contributed by atoms with Crippen LogP contribution in [-0.4, -0.2) is 35.9 Å². The summed E-state index contributed by atoms with van der Waals surface area (Å²) < 4.78 is 19.0. The Balaban J connectivity index is 2.14. The van der Waals surface area contributed by atoms with Gasteiger partial charge in [-0.25, -0.2) is 4.39 Å². The maximum absolute atomic E-state index is 13.3. The van der Waals surface area contributed by atoms with Crippen LogP contribution >= 0.6 is 11.6 Å². The van der Waals surface area contributed by atoms with Crippen LogP contribution in [0.15, 0.2) is 36.4 Å². The van der Waals surface area contributed by atoms with Crippen molar-refractivity contribution in [2.24, 2.45) is 0 Å². The van der Waals surface area contributed by atoms with Crippen LogP contribution in [0.25, 0.3) is 0 Å². The standard InChI is InChI=1S/C24H30ClFN2O3/c1-5-6-11-27-24(30)18(4)28(14-19-7-9-20(26)10-8-19)22(29)15-31-21-12-16(2)23(25)17(3)13-21/h7-10,12-13,18H,5-6,11,14-15H2,1-4H3,(H,27,30). The second-order valence-electron chi connectivity index (χ2n) is 7.63. The van der Waals surface area contributed by atoms with Crippen molar-refractivity contribution >= 4 is 23.4 Å². The lowest BCUT2D eigenvalue weighted by Crippen LogP contribution is -2.49. The summed E-state index contributed by atoms with van der Waals surface area (Å²) in [7, 11) is 0. The largest absolute Gasteiger partial charge is 0.484 e. The number of nitrogens with one attached hydrogen (secondary N) is 1. The predicted molar refractivity (Wildman–Crippen MR) is 121 cm³/mol. The summed E-state index contributed by atoms with van der Waals surface area (Å²) in [5, 5.41) is 3.52. The average Bonchev–Trinajstić information content (AvgIpc) is 2.74. The Hall–Kier alpha value is -2.60. The lowest BCUT2D eigenvalue weighted by molar-refractivity contribution is -0.142. The Morgan fingerprint density at radius 3 is 2.35 bits per heavy atom. The fourth-order valence-corrected chi connectivity index (χ4v) is 3.23. The molecule has 1 unspecified atom stereocenters. The van der Waals surface area contributed by atoms with E-state index in [2.05, 4.69) is 5.32 Å². The molecule has 168 valence electrons. The summed E-state index contributed by atoms with van der Waals surface area (Å²) in [5.41, 5.74) is 2.44. The van der Waals surface area contributed by atoms with Crippen LogP contribution in [0.1, 0.15) is 43.4 Å². The molecule has 0 fully saturated rings. The molecule has 0 aliphatic heterocycles. The molecule has 2 amide bonds. The van der Waals surface area contributed by atoms with Crippen molar-refractivity contribution in [1.82, 2.24) is 10.2 Å². The Morgan fingerprint density at radius 1 is 1.16 bits per heavy atom. The lowest BCUT2D eigenvalue weighted by atomic mass is 10.1. The monoisotopic (exact) mass is 448 g/mol. The van der Waals surface area contributed by atoms with Gasteiger partial charge in [0, 0.05) is 18.1 Å². The minimum atomic E-state index is -0.702. The number of unbranched alkanes of at least 4 members (excludes halogenated alkanes) is 1. The minimum Gasteiger partial charge on any atom is -0.484 e. The first kappa shape index (κ1) is 24.7. The van der Waals surface area contributed by atoms with Crippen LogP contribution in [0.2, 0.25) is 5.02 Å². The molecule has 2 rings (SSSR count). The van der Waals surface area contributed by atoms with E-state index >= 15 is 0 Å². The van der Waals surface area contributed by atoms with Crippen molar-refractivity contribution in [3.05, 3.63) is 63.9 Å². The highest BCUT2D eigenvalue weighted by Crippen LogP contribution is 2.26. The van der Waals surface area contributed by atoms with E-state index in [4.69, 9.17) is 16.3 Å².